The SMILES string of the molecule is CN(Cc1ccsc1)c1cccc(F)c1CO. The molecule has 0 aliphatic heterocycles. The molecular weight excluding hydrogens is 237 g/mol. The van der Waals surface area contributed by atoms with Gasteiger partial charge in [0.1, 0.15) is 5.82 Å². The first-order chi connectivity index (χ1) is 8.22. The second kappa shape index (κ2) is 5.29. The summed E-state index contributed by atoms with van der Waals surface area (Å²) in [6.07, 6.45) is 0. The number of hydrogen-bond donors (Lipinski definition) is 1. The number of rotatable bonds is 4. The Labute approximate surface area is 104 Å². The molecule has 0 amide bonds. The largest absolute Gasteiger partial charge is 0.391 e. The van der Waals surface area contributed by atoms with Crippen molar-refractivity contribution in [1.29, 1.82) is 0 Å². The smallest absolute Gasteiger partial charge is 0.130 e. The number of aliphatic hydroxyl groups excluding tert-OH is 1. The second-order valence-corrected chi connectivity index (χ2v) is 4.66. The van der Waals surface area contributed by atoms with Gasteiger partial charge in [0.05, 0.1) is 6.61 Å². The number of thiophene rings is 1. The molecule has 0 aliphatic rings. The van der Waals surface area contributed by atoms with E-state index in [0.717, 1.165) is 5.69 Å². The molecule has 0 saturated heterocycles. The summed E-state index contributed by atoms with van der Waals surface area (Å²) in [5.41, 5.74) is 2.27. The molecule has 90 valence electrons. The van der Waals surface area contributed by atoms with Gasteiger partial charge in [-0.1, -0.05) is 6.07 Å². The molecule has 4 heteroatoms. The van der Waals surface area contributed by atoms with E-state index in [2.05, 4.69) is 5.38 Å². The average molecular weight is 251 g/mol. The van der Waals surface area contributed by atoms with Crippen LogP contribution in [0, 0.1) is 5.82 Å². The molecule has 0 aliphatic carbocycles. The van der Waals surface area contributed by atoms with Gasteiger partial charge < -0.3 is 10.0 Å². The molecule has 0 atom stereocenters. The minimum absolute atomic E-state index is 0.282. The topological polar surface area (TPSA) is 23.5 Å². The van der Waals surface area contributed by atoms with Crippen molar-refractivity contribution in [2.24, 2.45) is 0 Å². The molecule has 1 aromatic carbocycles. The Morgan fingerprint density at radius 1 is 1.35 bits per heavy atom. The Hall–Kier alpha value is -1.39. The van der Waals surface area contributed by atoms with Gasteiger partial charge in [-0.3, -0.25) is 0 Å². The predicted molar refractivity (Wildman–Crippen MR) is 68.7 cm³/mol. The number of anilines is 1. The Balaban J connectivity index is 2.24. The summed E-state index contributed by atoms with van der Waals surface area (Å²) < 4.78 is 13.5. The van der Waals surface area contributed by atoms with Crippen LogP contribution in [0.4, 0.5) is 10.1 Å². The third-order valence-corrected chi connectivity index (χ3v) is 3.40. The van der Waals surface area contributed by atoms with Crippen molar-refractivity contribution in [2.75, 3.05) is 11.9 Å². The maximum absolute atomic E-state index is 13.5. The molecule has 0 unspecified atom stereocenters. The summed E-state index contributed by atoms with van der Waals surface area (Å²) in [6.45, 7) is 0.427. The highest BCUT2D eigenvalue weighted by Crippen LogP contribution is 2.24. The standard InChI is InChI=1S/C13H14FNOS/c1-15(7-10-5-6-17-9-10)13-4-2-3-12(14)11(13)8-16/h2-6,9,16H,7-8H2,1H3. The van der Waals surface area contributed by atoms with Crippen molar-refractivity contribution in [1.82, 2.24) is 0 Å². The number of aliphatic hydroxyl groups is 1. The van der Waals surface area contributed by atoms with Crippen molar-refractivity contribution >= 4 is 17.0 Å². The van der Waals surface area contributed by atoms with Crippen LogP contribution in [-0.4, -0.2) is 12.2 Å². The van der Waals surface area contributed by atoms with E-state index in [9.17, 15) is 9.50 Å². The van der Waals surface area contributed by atoms with E-state index >= 15 is 0 Å². The zero-order valence-electron chi connectivity index (χ0n) is 9.56. The van der Waals surface area contributed by atoms with Crippen LogP contribution in [0.3, 0.4) is 0 Å². The van der Waals surface area contributed by atoms with Crippen LogP contribution in [0.15, 0.2) is 35.0 Å². The molecule has 0 fully saturated rings. The van der Waals surface area contributed by atoms with Crippen LogP contribution < -0.4 is 4.90 Å². The molecule has 1 N–H and O–H groups in total. The van der Waals surface area contributed by atoms with E-state index < -0.39 is 0 Å². The van der Waals surface area contributed by atoms with E-state index in [4.69, 9.17) is 0 Å². The molecule has 1 aromatic heterocycles. The zero-order valence-corrected chi connectivity index (χ0v) is 10.4. The van der Waals surface area contributed by atoms with Crippen molar-refractivity contribution < 1.29 is 9.50 Å². The van der Waals surface area contributed by atoms with Crippen LogP contribution in [0.5, 0.6) is 0 Å². The minimum atomic E-state index is -0.359. The van der Waals surface area contributed by atoms with E-state index in [1.165, 1.54) is 11.6 Å². The first-order valence-electron chi connectivity index (χ1n) is 5.33. The van der Waals surface area contributed by atoms with Gasteiger partial charge in [0.2, 0.25) is 0 Å². The predicted octanol–water partition coefficient (Wildman–Crippen LogP) is 3.02. The number of nitrogens with zero attached hydrogens (tertiary/aromatic N) is 1. The van der Waals surface area contributed by atoms with E-state index in [1.807, 2.05) is 29.5 Å². The van der Waals surface area contributed by atoms with Gasteiger partial charge in [-0.05, 0) is 34.5 Å². The van der Waals surface area contributed by atoms with Crippen molar-refractivity contribution in [2.45, 2.75) is 13.2 Å². The van der Waals surface area contributed by atoms with Gasteiger partial charge in [0.15, 0.2) is 0 Å². The van der Waals surface area contributed by atoms with Gasteiger partial charge in [-0.15, -0.1) is 0 Å². The van der Waals surface area contributed by atoms with Crippen molar-refractivity contribution in [3.63, 3.8) is 0 Å². The molecular formula is C13H14FNOS. The van der Waals surface area contributed by atoms with Crippen LogP contribution in [-0.2, 0) is 13.2 Å². The van der Waals surface area contributed by atoms with E-state index in [-0.39, 0.29) is 12.4 Å². The highest BCUT2D eigenvalue weighted by Gasteiger charge is 2.11. The third kappa shape index (κ3) is 2.65. The number of hydrogen-bond acceptors (Lipinski definition) is 3. The van der Waals surface area contributed by atoms with Gasteiger partial charge in [-0.2, -0.15) is 11.3 Å². The summed E-state index contributed by atoms with van der Waals surface area (Å²) in [7, 11) is 1.89. The molecule has 0 saturated carbocycles. The number of benzene rings is 1. The lowest BCUT2D eigenvalue weighted by Crippen LogP contribution is -2.18. The fraction of sp³-hybridized carbons (Fsp3) is 0.231. The van der Waals surface area contributed by atoms with E-state index in [0.29, 0.717) is 12.1 Å². The highest BCUT2D eigenvalue weighted by molar-refractivity contribution is 7.07. The Morgan fingerprint density at radius 3 is 2.82 bits per heavy atom. The fourth-order valence-electron chi connectivity index (χ4n) is 1.80. The molecule has 1 heterocycles. The number of halogens is 1. The van der Waals surface area contributed by atoms with Crippen LogP contribution in [0.2, 0.25) is 0 Å². The summed E-state index contributed by atoms with van der Waals surface area (Å²) in [4.78, 5) is 1.94. The summed E-state index contributed by atoms with van der Waals surface area (Å²) in [5, 5.41) is 13.3. The Bertz CT molecular complexity index is 484. The Kier molecular flexibility index (Phi) is 3.76. The van der Waals surface area contributed by atoms with E-state index in [1.54, 1.807) is 17.4 Å². The maximum Gasteiger partial charge on any atom is 0.130 e. The lowest BCUT2D eigenvalue weighted by Gasteiger charge is -2.21. The first kappa shape index (κ1) is 12.1. The van der Waals surface area contributed by atoms with Crippen molar-refractivity contribution in [3.05, 3.63) is 52.0 Å². The molecule has 0 radical (unpaired) electrons. The van der Waals surface area contributed by atoms with Crippen LogP contribution >= 0.6 is 11.3 Å². The van der Waals surface area contributed by atoms with Crippen LogP contribution in [0.1, 0.15) is 11.1 Å². The van der Waals surface area contributed by atoms with Gasteiger partial charge in [-0.25, -0.2) is 4.39 Å². The summed E-state index contributed by atoms with van der Waals surface area (Å²) in [6, 6.07) is 6.89. The van der Waals surface area contributed by atoms with Crippen LogP contribution in [0.25, 0.3) is 0 Å². The summed E-state index contributed by atoms with van der Waals surface area (Å²) in [5.74, 6) is -0.359. The zero-order chi connectivity index (χ0) is 12.3. The molecule has 17 heavy (non-hydrogen) atoms. The summed E-state index contributed by atoms with van der Waals surface area (Å²) >= 11 is 1.64. The molecule has 0 spiro atoms. The highest BCUT2D eigenvalue weighted by atomic mass is 32.1. The monoisotopic (exact) mass is 251 g/mol. The lowest BCUT2D eigenvalue weighted by molar-refractivity contribution is 0.276. The Morgan fingerprint density at radius 2 is 2.18 bits per heavy atom. The normalized spacial score (nSPS) is 10.5. The third-order valence-electron chi connectivity index (χ3n) is 2.66. The van der Waals surface area contributed by atoms with Gasteiger partial charge in [0, 0.05) is 24.8 Å². The van der Waals surface area contributed by atoms with Gasteiger partial charge in [0.25, 0.3) is 0 Å². The fourth-order valence-corrected chi connectivity index (χ4v) is 2.46. The lowest BCUT2D eigenvalue weighted by atomic mass is 10.1. The molecule has 2 nitrogen and oxygen atoms in total. The average Bonchev–Trinajstić information content (AvgIpc) is 2.81. The first-order valence-corrected chi connectivity index (χ1v) is 6.27. The molecule has 2 rings (SSSR count). The molecule has 0 bridgehead atoms. The maximum atomic E-state index is 13.5. The second-order valence-electron chi connectivity index (χ2n) is 3.88. The quantitative estimate of drug-likeness (QED) is 0.903. The molecule has 2 aromatic rings. The minimum Gasteiger partial charge on any atom is -0.391 e. The van der Waals surface area contributed by atoms with Gasteiger partial charge >= 0.3 is 0 Å². The van der Waals surface area contributed by atoms with Crippen molar-refractivity contribution in [3.8, 4) is 0 Å².